The highest BCUT2D eigenvalue weighted by atomic mass is 16.7. The van der Waals surface area contributed by atoms with Crippen LogP contribution in [0.3, 0.4) is 0 Å². The highest BCUT2D eigenvalue weighted by Crippen LogP contribution is 2.27. The van der Waals surface area contributed by atoms with Gasteiger partial charge in [-0.1, -0.05) is 0 Å². The maximum Gasteiger partial charge on any atom is 0.335 e. The minimum Gasteiger partial charge on any atom is -0.479 e. The zero-order valence-electron chi connectivity index (χ0n) is 12.2. The van der Waals surface area contributed by atoms with Crippen LogP contribution in [0.2, 0.25) is 0 Å². The molecule has 0 aliphatic carbocycles. The van der Waals surface area contributed by atoms with Gasteiger partial charge in [-0.25, -0.2) is 4.79 Å². The van der Waals surface area contributed by atoms with Crippen LogP contribution in [0.4, 0.5) is 0 Å². The second-order valence-electron chi connectivity index (χ2n) is 5.44. The van der Waals surface area contributed by atoms with Gasteiger partial charge in [0.05, 0.1) is 38.1 Å². The molecule has 22 heavy (non-hydrogen) atoms. The van der Waals surface area contributed by atoms with Gasteiger partial charge in [-0.05, 0) is 6.92 Å². The first-order chi connectivity index (χ1) is 10.5. The van der Waals surface area contributed by atoms with E-state index in [1.54, 1.807) is 0 Å². The van der Waals surface area contributed by atoms with Crippen LogP contribution in [-0.2, 0) is 23.7 Å². The molecule has 2 aliphatic rings. The predicted octanol–water partition coefficient (Wildman–Crippen LogP) is -1.91. The van der Waals surface area contributed by atoms with Crippen molar-refractivity contribution in [1.29, 1.82) is 0 Å². The van der Waals surface area contributed by atoms with Crippen molar-refractivity contribution in [2.75, 3.05) is 19.8 Å². The number of hydrogen-bond acceptors (Lipinski definition) is 8. The molecule has 0 saturated carbocycles. The molecule has 0 amide bonds. The Labute approximate surface area is 127 Å². The Morgan fingerprint density at radius 2 is 2.00 bits per heavy atom. The summed E-state index contributed by atoms with van der Waals surface area (Å²) < 4.78 is 21.5. The number of aliphatic hydroxyl groups is 3. The van der Waals surface area contributed by atoms with Crippen LogP contribution >= 0.6 is 0 Å². The highest BCUT2D eigenvalue weighted by molar-refractivity contribution is 5.73. The van der Waals surface area contributed by atoms with Gasteiger partial charge < -0.3 is 39.4 Å². The van der Waals surface area contributed by atoms with E-state index in [0.717, 1.165) is 0 Å². The molecule has 0 spiro atoms. The van der Waals surface area contributed by atoms with Gasteiger partial charge >= 0.3 is 5.97 Å². The van der Waals surface area contributed by atoms with Crippen LogP contribution in [0.1, 0.15) is 13.3 Å². The number of carboxylic acids is 1. The van der Waals surface area contributed by atoms with Gasteiger partial charge in [0.15, 0.2) is 12.4 Å². The van der Waals surface area contributed by atoms with Crippen LogP contribution in [0.15, 0.2) is 0 Å². The fourth-order valence-electron chi connectivity index (χ4n) is 2.54. The molecule has 2 saturated heterocycles. The highest BCUT2D eigenvalue weighted by Gasteiger charge is 2.42. The monoisotopic (exact) mass is 322 g/mol. The zero-order chi connectivity index (χ0) is 16.3. The number of rotatable bonds is 5. The Morgan fingerprint density at radius 3 is 2.59 bits per heavy atom. The number of ether oxygens (including phenoxy) is 4. The Balaban J connectivity index is 2.04. The first-order valence-electron chi connectivity index (χ1n) is 7.16. The molecule has 2 rings (SSSR count). The van der Waals surface area contributed by atoms with E-state index in [9.17, 15) is 15.0 Å². The Hall–Kier alpha value is -0.810. The van der Waals surface area contributed by atoms with Crippen molar-refractivity contribution in [3.8, 4) is 0 Å². The molecule has 9 heteroatoms. The first kappa shape index (κ1) is 17.5. The molecule has 0 radical (unpaired) electrons. The van der Waals surface area contributed by atoms with Crippen molar-refractivity contribution in [1.82, 2.24) is 0 Å². The maximum atomic E-state index is 11.2. The van der Waals surface area contributed by atoms with E-state index in [1.165, 1.54) is 6.92 Å². The molecule has 7 atom stereocenters. The van der Waals surface area contributed by atoms with E-state index in [4.69, 9.17) is 29.2 Å². The van der Waals surface area contributed by atoms with Gasteiger partial charge in [-0.2, -0.15) is 0 Å². The predicted molar refractivity (Wildman–Crippen MR) is 70.0 cm³/mol. The Morgan fingerprint density at radius 1 is 1.27 bits per heavy atom. The average Bonchev–Trinajstić information content (AvgIpc) is 2.83. The van der Waals surface area contributed by atoms with E-state index in [1.807, 2.05) is 0 Å². The number of carboxylic acid groups (broad SMARTS) is 1. The standard InChI is InChI=1S/C13H22O9/c1-6-11(12(17)18)22-13(8(16)5-19-6)21-9-2-7(3-14)20-10(9)4-15/h6-11,13-16H,2-5H2,1H3,(H,17,18)/t6-,7+,8-,9-,10?,11?,13?/m0/s1. The number of carbonyl (C=O) groups is 1. The summed E-state index contributed by atoms with van der Waals surface area (Å²) in [5.74, 6) is -1.22. The average molecular weight is 322 g/mol. The second-order valence-corrected chi connectivity index (χ2v) is 5.44. The van der Waals surface area contributed by atoms with Gasteiger partial charge in [0, 0.05) is 6.42 Å². The fourth-order valence-corrected chi connectivity index (χ4v) is 2.54. The molecular weight excluding hydrogens is 300 g/mol. The van der Waals surface area contributed by atoms with Gasteiger partial charge in [0.25, 0.3) is 0 Å². The van der Waals surface area contributed by atoms with Crippen LogP contribution in [0, 0.1) is 0 Å². The third-order valence-corrected chi connectivity index (χ3v) is 3.76. The van der Waals surface area contributed by atoms with Crippen molar-refractivity contribution in [3.05, 3.63) is 0 Å². The zero-order valence-corrected chi connectivity index (χ0v) is 12.2. The summed E-state index contributed by atoms with van der Waals surface area (Å²) in [7, 11) is 0. The summed E-state index contributed by atoms with van der Waals surface area (Å²) in [5, 5.41) is 37.5. The summed E-state index contributed by atoms with van der Waals surface area (Å²) in [5.41, 5.74) is 0. The molecule has 2 heterocycles. The van der Waals surface area contributed by atoms with E-state index >= 15 is 0 Å². The third-order valence-electron chi connectivity index (χ3n) is 3.76. The van der Waals surface area contributed by atoms with E-state index in [2.05, 4.69) is 0 Å². The van der Waals surface area contributed by atoms with Crippen molar-refractivity contribution in [3.63, 3.8) is 0 Å². The van der Waals surface area contributed by atoms with Crippen LogP contribution in [-0.4, -0.2) is 89.1 Å². The molecule has 2 aliphatic heterocycles. The molecule has 4 N–H and O–H groups in total. The second kappa shape index (κ2) is 7.64. The van der Waals surface area contributed by atoms with Gasteiger partial charge in [0.1, 0.15) is 12.2 Å². The molecule has 2 fully saturated rings. The quantitative estimate of drug-likeness (QED) is 0.457. The molecule has 0 aromatic carbocycles. The van der Waals surface area contributed by atoms with Gasteiger partial charge in [-0.3, -0.25) is 0 Å². The minimum atomic E-state index is -1.27. The maximum absolute atomic E-state index is 11.2. The fraction of sp³-hybridized carbons (Fsp3) is 0.923. The van der Waals surface area contributed by atoms with Gasteiger partial charge in [-0.15, -0.1) is 0 Å². The first-order valence-corrected chi connectivity index (χ1v) is 7.16. The lowest BCUT2D eigenvalue weighted by Gasteiger charge is -2.27. The normalized spacial score (nSPS) is 43.0. The van der Waals surface area contributed by atoms with Crippen LogP contribution in [0.25, 0.3) is 0 Å². The molecule has 3 unspecified atom stereocenters. The molecule has 0 aromatic heterocycles. The SMILES string of the molecule is C[C@@H]1OC[C@H](O)C(O[C@H]2C[C@H](CO)OC2CO)OC1C(=O)O. The van der Waals surface area contributed by atoms with Crippen molar-refractivity contribution in [2.45, 2.75) is 56.3 Å². The van der Waals surface area contributed by atoms with E-state index in [-0.39, 0.29) is 19.8 Å². The summed E-state index contributed by atoms with van der Waals surface area (Å²) in [6, 6.07) is 0. The largest absolute Gasteiger partial charge is 0.479 e. The molecule has 0 aromatic rings. The van der Waals surface area contributed by atoms with E-state index < -0.39 is 48.9 Å². The Bertz CT molecular complexity index is 377. The van der Waals surface area contributed by atoms with Crippen molar-refractivity contribution in [2.24, 2.45) is 0 Å². The lowest BCUT2D eigenvalue weighted by molar-refractivity contribution is -0.237. The topological polar surface area (TPSA) is 135 Å². The molecule has 9 nitrogen and oxygen atoms in total. The van der Waals surface area contributed by atoms with Crippen LogP contribution < -0.4 is 0 Å². The summed E-state index contributed by atoms with van der Waals surface area (Å²) in [6.07, 6.45) is -5.85. The van der Waals surface area contributed by atoms with E-state index in [0.29, 0.717) is 6.42 Å². The number of aliphatic carboxylic acids is 1. The lowest BCUT2D eigenvalue weighted by Crippen LogP contribution is -2.43. The number of aliphatic hydroxyl groups excluding tert-OH is 3. The molecule has 0 bridgehead atoms. The summed E-state index contributed by atoms with van der Waals surface area (Å²) in [4.78, 5) is 11.2. The van der Waals surface area contributed by atoms with Gasteiger partial charge in [0.2, 0.25) is 0 Å². The lowest BCUT2D eigenvalue weighted by atomic mass is 10.1. The molecule has 128 valence electrons. The summed E-state index contributed by atoms with van der Waals surface area (Å²) >= 11 is 0. The Kier molecular flexibility index (Phi) is 6.09. The molecular formula is C13H22O9. The minimum absolute atomic E-state index is 0.129. The summed E-state index contributed by atoms with van der Waals surface area (Å²) in [6.45, 7) is 0.864. The smallest absolute Gasteiger partial charge is 0.335 e. The van der Waals surface area contributed by atoms with Crippen molar-refractivity contribution < 1.29 is 44.2 Å². The van der Waals surface area contributed by atoms with Crippen molar-refractivity contribution >= 4 is 5.97 Å². The third kappa shape index (κ3) is 3.93. The number of hydrogen-bond donors (Lipinski definition) is 4. The van der Waals surface area contributed by atoms with Crippen LogP contribution in [0.5, 0.6) is 0 Å².